The van der Waals surface area contributed by atoms with Crippen LogP contribution in [-0.2, 0) is 19.9 Å². The first-order valence-electron chi connectivity index (χ1n) is 5.72. The monoisotopic (exact) mass is 339 g/mol. The number of aromatic carboxylic acids is 1. The average Bonchev–Trinajstić information content (AvgIpc) is 2.93. The SMILES string of the molecule is O=C(O)c1sccc1S(=O)(=O)NCC1CCS(=O)(=O)C1. The van der Waals surface area contributed by atoms with Crippen LogP contribution in [0, 0.1) is 5.92 Å². The van der Waals surface area contributed by atoms with Gasteiger partial charge in [-0.25, -0.2) is 26.4 Å². The van der Waals surface area contributed by atoms with Crippen molar-refractivity contribution in [1.82, 2.24) is 4.72 Å². The standard InChI is InChI=1S/C10H13NO6S3/c12-10(13)9-8(1-3-18-9)20(16,17)11-5-7-2-4-19(14,15)6-7/h1,3,7,11H,2,4-6H2,(H,12,13). The normalized spacial score (nSPS) is 21.9. The Bertz CT molecular complexity index is 718. The van der Waals surface area contributed by atoms with Crippen LogP contribution in [0.25, 0.3) is 0 Å². The van der Waals surface area contributed by atoms with Gasteiger partial charge in [0.1, 0.15) is 9.77 Å². The molecular formula is C10H13NO6S3. The summed E-state index contributed by atoms with van der Waals surface area (Å²) >= 11 is 0.828. The highest BCUT2D eigenvalue weighted by Gasteiger charge is 2.30. The smallest absolute Gasteiger partial charge is 0.347 e. The number of rotatable bonds is 5. The fraction of sp³-hybridized carbons (Fsp3) is 0.500. The summed E-state index contributed by atoms with van der Waals surface area (Å²) in [6.07, 6.45) is 0.417. The molecule has 1 atom stereocenters. The van der Waals surface area contributed by atoms with Crippen molar-refractivity contribution in [3.63, 3.8) is 0 Å². The maximum Gasteiger partial charge on any atom is 0.347 e. The molecule has 1 aliphatic rings. The number of nitrogens with one attached hydrogen (secondary N) is 1. The van der Waals surface area contributed by atoms with E-state index in [1.807, 2.05) is 0 Å². The van der Waals surface area contributed by atoms with Gasteiger partial charge in [-0.1, -0.05) is 0 Å². The van der Waals surface area contributed by atoms with Gasteiger partial charge in [0.2, 0.25) is 10.0 Å². The number of carboxylic acids is 1. The lowest BCUT2D eigenvalue weighted by molar-refractivity contribution is 0.0698. The molecule has 1 aromatic rings. The molecule has 0 amide bonds. The van der Waals surface area contributed by atoms with Gasteiger partial charge in [0.05, 0.1) is 11.5 Å². The Balaban J connectivity index is 2.09. The fourth-order valence-electron chi connectivity index (χ4n) is 2.00. The van der Waals surface area contributed by atoms with Crippen LogP contribution in [0.2, 0.25) is 0 Å². The molecule has 112 valence electrons. The average molecular weight is 339 g/mol. The quantitative estimate of drug-likeness (QED) is 0.789. The molecule has 0 radical (unpaired) electrons. The second-order valence-electron chi connectivity index (χ2n) is 4.54. The van der Waals surface area contributed by atoms with E-state index in [-0.39, 0.29) is 33.7 Å². The second kappa shape index (κ2) is 5.43. The summed E-state index contributed by atoms with van der Waals surface area (Å²) < 4.78 is 48.9. The van der Waals surface area contributed by atoms with Crippen molar-refractivity contribution in [1.29, 1.82) is 0 Å². The first-order chi connectivity index (χ1) is 9.21. The van der Waals surface area contributed by atoms with Crippen LogP contribution in [-0.4, -0.2) is 46.0 Å². The molecule has 7 nitrogen and oxygen atoms in total. The number of sulfonamides is 1. The van der Waals surface area contributed by atoms with E-state index in [1.165, 1.54) is 11.4 Å². The molecule has 2 rings (SSSR count). The molecule has 20 heavy (non-hydrogen) atoms. The van der Waals surface area contributed by atoms with E-state index < -0.39 is 25.8 Å². The topological polar surface area (TPSA) is 118 Å². The second-order valence-corrected chi connectivity index (χ2v) is 9.42. The van der Waals surface area contributed by atoms with E-state index in [2.05, 4.69) is 4.72 Å². The zero-order chi connectivity index (χ0) is 15.0. The number of thiophene rings is 1. The van der Waals surface area contributed by atoms with Gasteiger partial charge in [-0.2, -0.15) is 0 Å². The third-order valence-corrected chi connectivity index (χ3v) is 7.34. The van der Waals surface area contributed by atoms with Crippen LogP contribution >= 0.6 is 11.3 Å². The molecule has 0 aliphatic carbocycles. The van der Waals surface area contributed by atoms with Crippen LogP contribution in [0.3, 0.4) is 0 Å². The number of hydrogen-bond donors (Lipinski definition) is 2. The van der Waals surface area contributed by atoms with Crippen molar-refractivity contribution >= 4 is 37.2 Å². The first-order valence-corrected chi connectivity index (χ1v) is 9.90. The largest absolute Gasteiger partial charge is 0.477 e. The Morgan fingerprint density at radius 1 is 1.50 bits per heavy atom. The van der Waals surface area contributed by atoms with Crippen LogP contribution in [0.5, 0.6) is 0 Å². The van der Waals surface area contributed by atoms with E-state index in [0.29, 0.717) is 6.42 Å². The molecule has 0 spiro atoms. The van der Waals surface area contributed by atoms with E-state index in [0.717, 1.165) is 11.3 Å². The summed E-state index contributed by atoms with van der Waals surface area (Å²) in [6.45, 7) is -0.00350. The number of carbonyl (C=O) groups is 1. The van der Waals surface area contributed by atoms with E-state index in [1.54, 1.807) is 0 Å². The van der Waals surface area contributed by atoms with Crippen LogP contribution < -0.4 is 4.72 Å². The third-order valence-electron chi connectivity index (χ3n) is 3.00. The predicted molar refractivity (Wildman–Crippen MR) is 73.2 cm³/mol. The van der Waals surface area contributed by atoms with Crippen molar-refractivity contribution in [2.24, 2.45) is 5.92 Å². The predicted octanol–water partition coefficient (Wildman–Crippen LogP) is 0.159. The Kier molecular flexibility index (Phi) is 4.19. The summed E-state index contributed by atoms with van der Waals surface area (Å²) in [7, 11) is -7.00. The van der Waals surface area contributed by atoms with Crippen molar-refractivity contribution in [2.75, 3.05) is 18.1 Å². The highest BCUT2D eigenvalue weighted by Crippen LogP contribution is 2.23. The van der Waals surface area contributed by atoms with Crippen molar-refractivity contribution in [3.8, 4) is 0 Å². The van der Waals surface area contributed by atoms with Gasteiger partial charge in [-0.3, -0.25) is 0 Å². The highest BCUT2D eigenvalue weighted by molar-refractivity contribution is 7.91. The molecule has 1 aliphatic heterocycles. The Morgan fingerprint density at radius 3 is 2.75 bits per heavy atom. The summed E-state index contributed by atoms with van der Waals surface area (Å²) in [6, 6.07) is 1.22. The Labute approximate surface area is 120 Å². The molecule has 2 heterocycles. The minimum atomic E-state index is -3.93. The Morgan fingerprint density at radius 2 is 2.20 bits per heavy atom. The lowest BCUT2D eigenvalue weighted by atomic mass is 10.1. The van der Waals surface area contributed by atoms with Crippen molar-refractivity contribution in [2.45, 2.75) is 11.3 Å². The molecule has 1 fully saturated rings. The van der Waals surface area contributed by atoms with Gasteiger partial charge in [0.25, 0.3) is 0 Å². The molecule has 0 bridgehead atoms. The molecule has 1 unspecified atom stereocenters. The maximum absolute atomic E-state index is 12.0. The summed E-state index contributed by atoms with van der Waals surface area (Å²) in [5.74, 6) is -1.53. The van der Waals surface area contributed by atoms with Crippen LogP contribution in [0.1, 0.15) is 16.1 Å². The zero-order valence-corrected chi connectivity index (χ0v) is 12.7. The third kappa shape index (κ3) is 3.37. The minimum Gasteiger partial charge on any atom is -0.477 e. The van der Waals surface area contributed by atoms with Crippen LogP contribution in [0.4, 0.5) is 0 Å². The van der Waals surface area contributed by atoms with E-state index >= 15 is 0 Å². The molecule has 10 heteroatoms. The molecule has 0 aromatic carbocycles. The number of carboxylic acid groups (broad SMARTS) is 1. The Hall–Kier alpha value is -0.970. The molecule has 1 aromatic heterocycles. The van der Waals surface area contributed by atoms with Gasteiger partial charge in [-0.15, -0.1) is 11.3 Å². The van der Waals surface area contributed by atoms with Gasteiger partial charge < -0.3 is 5.11 Å². The molecule has 2 N–H and O–H groups in total. The van der Waals surface area contributed by atoms with Gasteiger partial charge in [0.15, 0.2) is 9.84 Å². The molecular weight excluding hydrogens is 326 g/mol. The molecule has 0 saturated carbocycles. The van der Waals surface area contributed by atoms with Gasteiger partial charge in [-0.05, 0) is 23.8 Å². The van der Waals surface area contributed by atoms with Crippen LogP contribution in [0.15, 0.2) is 16.3 Å². The van der Waals surface area contributed by atoms with Crippen molar-refractivity contribution in [3.05, 3.63) is 16.3 Å². The minimum absolute atomic E-state index is 0.00350. The fourth-order valence-corrected chi connectivity index (χ4v) is 6.24. The van der Waals surface area contributed by atoms with Crippen molar-refractivity contribution < 1.29 is 26.7 Å². The number of hydrogen-bond acceptors (Lipinski definition) is 6. The lowest BCUT2D eigenvalue weighted by Gasteiger charge is -2.10. The summed E-state index contributed by atoms with van der Waals surface area (Å²) in [5, 5.41) is 10.3. The lowest BCUT2D eigenvalue weighted by Crippen LogP contribution is -2.30. The van der Waals surface area contributed by atoms with E-state index in [9.17, 15) is 21.6 Å². The highest BCUT2D eigenvalue weighted by atomic mass is 32.2. The first kappa shape index (κ1) is 15.4. The van der Waals surface area contributed by atoms with E-state index in [4.69, 9.17) is 5.11 Å². The summed E-state index contributed by atoms with van der Waals surface area (Å²) in [4.78, 5) is 10.4. The number of sulfone groups is 1. The summed E-state index contributed by atoms with van der Waals surface area (Å²) in [5.41, 5.74) is 0. The maximum atomic E-state index is 12.0. The molecule has 1 saturated heterocycles. The van der Waals surface area contributed by atoms with Gasteiger partial charge in [0, 0.05) is 6.54 Å². The zero-order valence-electron chi connectivity index (χ0n) is 10.3. The van der Waals surface area contributed by atoms with Gasteiger partial charge >= 0.3 is 5.97 Å².